The van der Waals surface area contributed by atoms with Crippen LogP contribution in [0.4, 0.5) is 0 Å². The van der Waals surface area contributed by atoms with Crippen LogP contribution in [0.2, 0.25) is 0 Å². The maximum atomic E-state index is 12.4. The Bertz CT molecular complexity index is 242. The van der Waals surface area contributed by atoms with Gasteiger partial charge in [0.15, 0.2) is 0 Å². The number of nitrogens with one attached hydrogen (secondary N) is 1. The molecule has 0 aromatic heterocycles. The van der Waals surface area contributed by atoms with Crippen molar-refractivity contribution in [1.82, 2.24) is 5.32 Å². The molecule has 1 rings (SSSR count). The van der Waals surface area contributed by atoms with E-state index in [0.717, 1.165) is 51.2 Å². The first kappa shape index (κ1) is 16.1. The fourth-order valence-corrected chi connectivity index (χ4v) is 4.08. The van der Waals surface area contributed by atoms with E-state index in [1.165, 1.54) is 0 Å². The molecule has 3 unspecified atom stereocenters. The smallest absolute Gasteiger partial charge is 0.0477 e. The number of ether oxygens (including phenoxy) is 1. The third kappa shape index (κ3) is 5.37. The SMILES string of the molecule is CCCNC(CS(=O)C1CCOCC1)C(C)CC. The monoisotopic (exact) mass is 275 g/mol. The van der Waals surface area contributed by atoms with Crippen LogP contribution in [0.3, 0.4) is 0 Å². The highest BCUT2D eigenvalue weighted by atomic mass is 32.2. The van der Waals surface area contributed by atoms with Crippen LogP contribution in [0.5, 0.6) is 0 Å². The minimum Gasteiger partial charge on any atom is -0.381 e. The van der Waals surface area contributed by atoms with Gasteiger partial charge in [-0.1, -0.05) is 27.2 Å². The van der Waals surface area contributed by atoms with Crippen molar-refractivity contribution in [2.75, 3.05) is 25.5 Å². The summed E-state index contributed by atoms with van der Waals surface area (Å²) in [5.41, 5.74) is 0. The summed E-state index contributed by atoms with van der Waals surface area (Å²) in [5, 5.41) is 3.92. The molecule has 3 atom stereocenters. The molecule has 0 amide bonds. The van der Waals surface area contributed by atoms with Crippen LogP contribution in [0, 0.1) is 5.92 Å². The molecule has 3 nitrogen and oxygen atoms in total. The molecular formula is C14H29NO2S. The van der Waals surface area contributed by atoms with Crippen molar-refractivity contribution in [2.24, 2.45) is 5.92 Å². The van der Waals surface area contributed by atoms with Gasteiger partial charge < -0.3 is 10.1 Å². The fourth-order valence-electron chi connectivity index (χ4n) is 2.29. The molecule has 0 radical (unpaired) electrons. The van der Waals surface area contributed by atoms with Crippen LogP contribution >= 0.6 is 0 Å². The lowest BCUT2D eigenvalue weighted by molar-refractivity contribution is 0.0991. The summed E-state index contributed by atoms with van der Waals surface area (Å²) in [4.78, 5) is 0. The number of rotatable bonds is 8. The zero-order valence-electron chi connectivity index (χ0n) is 12.1. The van der Waals surface area contributed by atoms with Crippen molar-refractivity contribution in [3.8, 4) is 0 Å². The highest BCUT2D eigenvalue weighted by Gasteiger charge is 2.24. The van der Waals surface area contributed by atoms with Gasteiger partial charge in [0.05, 0.1) is 0 Å². The van der Waals surface area contributed by atoms with E-state index in [2.05, 4.69) is 26.1 Å². The Morgan fingerprint density at radius 1 is 1.33 bits per heavy atom. The van der Waals surface area contributed by atoms with Crippen molar-refractivity contribution < 1.29 is 8.95 Å². The zero-order chi connectivity index (χ0) is 13.4. The van der Waals surface area contributed by atoms with Crippen molar-refractivity contribution in [1.29, 1.82) is 0 Å². The lowest BCUT2D eigenvalue weighted by Crippen LogP contribution is -2.42. The molecule has 18 heavy (non-hydrogen) atoms. The second-order valence-corrected chi connectivity index (χ2v) is 7.07. The molecule has 1 N–H and O–H groups in total. The van der Waals surface area contributed by atoms with Crippen LogP contribution < -0.4 is 5.32 Å². The average Bonchev–Trinajstić information content (AvgIpc) is 2.43. The maximum Gasteiger partial charge on any atom is 0.0477 e. The molecule has 0 aromatic carbocycles. The molecule has 4 heteroatoms. The van der Waals surface area contributed by atoms with Gasteiger partial charge in [0.1, 0.15) is 0 Å². The van der Waals surface area contributed by atoms with Gasteiger partial charge in [-0.15, -0.1) is 0 Å². The predicted octanol–water partition coefficient (Wildman–Crippen LogP) is 2.33. The van der Waals surface area contributed by atoms with Crippen molar-refractivity contribution in [3.05, 3.63) is 0 Å². The van der Waals surface area contributed by atoms with Gasteiger partial charge in [0.25, 0.3) is 0 Å². The van der Waals surface area contributed by atoms with Crippen LogP contribution in [-0.2, 0) is 15.5 Å². The Labute approximate surface area is 115 Å². The summed E-state index contributed by atoms with van der Waals surface area (Å²) < 4.78 is 17.7. The Morgan fingerprint density at radius 3 is 2.56 bits per heavy atom. The molecule has 108 valence electrons. The van der Waals surface area contributed by atoms with Crippen molar-refractivity contribution in [2.45, 2.75) is 57.7 Å². The van der Waals surface area contributed by atoms with Crippen molar-refractivity contribution in [3.63, 3.8) is 0 Å². The van der Waals surface area contributed by atoms with Gasteiger partial charge in [-0.2, -0.15) is 0 Å². The Morgan fingerprint density at radius 2 is 2.00 bits per heavy atom. The van der Waals surface area contributed by atoms with E-state index in [1.807, 2.05) is 0 Å². The summed E-state index contributed by atoms with van der Waals surface area (Å²) in [5.74, 6) is 1.40. The molecular weight excluding hydrogens is 246 g/mol. The van der Waals surface area contributed by atoms with E-state index in [1.54, 1.807) is 0 Å². The lowest BCUT2D eigenvalue weighted by atomic mass is 10.0. The summed E-state index contributed by atoms with van der Waals surface area (Å²) in [7, 11) is -0.705. The van der Waals surface area contributed by atoms with Crippen LogP contribution in [-0.4, -0.2) is 41.0 Å². The zero-order valence-corrected chi connectivity index (χ0v) is 12.9. The number of hydrogen-bond donors (Lipinski definition) is 1. The third-order valence-electron chi connectivity index (χ3n) is 3.87. The predicted molar refractivity (Wildman–Crippen MR) is 78.4 cm³/mol. The highest BCUT2D eigenvalue weighted by Crippen LogP contribution is 2.17. The average molecular weight is 275 g/mol. The van der Waals surface area contributed by atoms with Crippen molar-refractivity contribution >= 4 is 10.8 Å². The lowest BCUT2D eigenvalue weighted by Gasteiger charge is -2.27. The first-order valence-electron chi connectivity index (χ1n) is 7.37. The molecule has 0 spiro atoms. The number of hydrogen-bond acceptors (Lipinski definition) is 3. The first-order chi connectivity index (χ1) is 8.69. The normalized spacial score (nSPS) is 22.6. The first-order valence-corrected chi connectivity index (χ1v) is 8.75. The minimum atomic E-state index is -0.705. The Kier molecular flexibility index (Phi) is 8.11. The fraction of sp³-hybridized carbons (Fsp3) is 1.00. The standard InChI is InChI=1S/C14H29NO2S/c1-4-8-15-14(12(3)5-2)11-18(16)13-6-9-17-10-7-13/h12-15H,4-11H2,1-3H3. The van der Waals surface area contributed by atoms with E-state index in [-0.39, 0.29) is 0 Å². The van der Waals surface area contributed by atoms with Gasteiger partial charge in [0.2, 0.25) is 0 Å². The van der Waals surface area contributed by atoms with E-state index in [9.17, 15) is 4.21 Å². The molecule has 0 aliphatic carbocycles. The molecule has 1 fully saturated rings. The quantitative estimate of drug-likeness (QED) is 0.739. The van der Waals surface area contributed by atoms with Gasteiger partial charge in [0, 0.05) is 41.1 Å². The van der Waals surface area contributed by atoms with E-state index < -0.39 is 10.8 Å². The van der Waals surface area contributed by atoms with Gasteiger partial charge in [-0.05, 0) is 31.7 Å². The molecule has 1 saturated heterocycles. The van der Waals surface area contributed by atoms with E-state index >= 15 is 0 Å². The maximum absolute atomic E-state index is 12.4. The summed E-state index contributed by atoms with van der Waals surface area (Å²) in [6.45, 7) is 9.24. The summed E-state index contributed by atoms with van der Waals surface area (Å²) in [6.07, 6.45) is 4.21. The second kappa shape index (κ2) is 9.05. The largest absolute Gasteiger partial charge is 0.381 e. The Balaban J connectivity index is 2.44. The van der Waals surface area contributed by atoms with Gasteiger partial charge in [-0.3, -0.25) is 4.21 Å². The van der Waals surface area contributed by atoms with Crippen LogP contribution in [0.25, 0.3) is 0 Å². The molecule has 0 aromatic rings. The van der Waals surface area contributed by atoms with Crippen LogP contribution in [0.15, 0.2) is 0 Å². The third-order valence-corrected chi connectivity index (χ3v) is 5.77. The molecule has 0 bridgehead atoms. The second-order valence-electron chi connectivity index (χ2n) is 5.31. The van der Waals surface area contributed by atoms with E-state index in [0.29, 0.717) is 17.2 Å². The van der Waals surface area contributed by atoms with Gasteiger partial charge >= 0.3 is 0 Å². The van der Waals surface area contributed by atoms with Gasteiger partial charge in [-0.25, -0.2) is 0 Å². The highest BCUT2D eigenvalue weighted by molar-refractivity contribution is 7.85. The summed E-state index contributed by atoms with van der Waals surface area (Å²) in [6, 6.07) is 0.402. The van der Waals surface area contributed by atoms with Crippen LogP contribution in [0.1, 0.15) is 46.5 Å². The minimum absolute atomic E-state index is 0.355. The topological polar surface area (TPSA) is 38.3 Å². The Hall–Kier alpha value is 0.0700. The molecule has 1 aliphatic rings. The molecule has 1 aliphatic heterocycles. The molecule has 0 saturated carbocycles. The van der Waals surface area contributed by atoms with E-state index in [4.69, 9.17) is 4.74 Å². The molecule has 1 heterocycles. The summed E-state index contributed by atoms with van der Waals surface area (Å²) >= 11 is 0.